The van der Waals surface area contributed by atoms with Crippen molar-refractivity contribution in [3.8, 4) is 5.75 Å². The van der Waals surface area contributed by atoms with Crippen LogP contribution >= 0.6 is 0 Å². The molecule has 0 saturated heterocycles. The maximum Gasteiger partial charge on any atom is 0.401 e. The van der Waals surface area contributed by atoms with Crippen LogP contribution in [0.2, 0.25) is 0 Å². The number of hydrogen-bond donors (Lipinski definition) is 1. The second-order valence-corrected chi connectivity index (χ2v) is 4.70. The molecule has 0 radical (unpaired) electrons. The second-order valence-electron chi connectivity index (χ2n) is 4.70. The summed E-state index contributed by atoms with van der Waals surface area (Å²) in [7, 11) is 0. The van der Waals surface area contributed by atoms with Gasteiger partial charge in [-0.25, -0.2) is 0 Å². The Labute approximate surface area is 105 Å². The van der Waals surface area contributed by atoms with Crippen molar-refractivity contribution >= 4 is 0 Å². The first-order chi connectivity index (χ1) is 8.20. The molecule has 18 heavy (non-hydrogen) atoms. The predicted molar refractivity (Wildman–Crippen MR) is 64.4 cm³/mol. The SMILES string of the molecule is Cc1cccc(CN(CC(F)(F)F)C(C)C)c1O. The molecule has 5 heteroatoms. The molecule has 2 nitrogen and oxygen atoms in total. The summed E-state index contributed by atoms with van der Waals surface area (Å²) in [5.41, 5.74) is 1.19. The summed E-state index contributed by atoms with van der Waals surface area (Å²) in [5.74, 6) is 0.0744. The Morgan fingerprint density at radius 2 is 1.89 bits per heavy atom. The van der Waals surface area contributed by atoms with Crippen molar-refractivity contribution in [1.29, 1.82) is 0 Å². The Bertz CT molecular complexity index is 402. The zero-order valence-corrected chi connectivity index (χ0v) is 10.8. The fraction of sp³-hybridized carbons (Fsp3) is 0.538. The molecule has 0 heterocycles. The van der Waals surface area contributed by atoms with E-state index in [0.29, 0.717) is 11.1 Å². The number of aryl methyl sites for hydroxylation is 1. The number of rotatable bonds is 4. The molecule has 1 rings (SSSR count). The van der Waals surface area contributed by atoms with Gasteiger partial charge in [0, 0.05) is 18.2 Å². The zero-order chi connectivity index (χ0) is 13.9. The molecule has 0 spiro atoms. The zero-order valence-electron chi connectivity index (χ0n) is 10.8. The van der Waals surface area contributed by atoms with Crippen LogP contribution in [-0.4, -0.2) is 28.8 Å². The van der Waals surface area contributed by atoms with E-state index >= 15 is 0 Å². The maximum absolute atomic E-state index is 12.4. The van der Waals surface area contributed by atoms with Gasteiger partial charge in [-0.1, -0.05) is 18.2 Å². The Morgan fingerprint density at radius 3 is 2.39 bits per heavy atom. The van der Waals surface area contributed by atoms with Crippen molar-refractivity contribution in [3.63, 3.8) is 0 Å². The van der Waals surface area contributed by atoms with E-state index < -0.39 is 12.7 Å². The number of nitrogens with zero attached hydrogens (tertiary/aromatic N) is 1. The number of phenolic OH excluding ortho intramolecular Hbond substituents is 1. The Hall–Kier alpha value is -1.23. The third-order valence-electron chi connectivity index (χ3n) is 2.81. The summed E-state index contributed by atoms with van der Waals surface area (Å²) in [6.07, 6.45) is -4.23. The van der Waals surface area contributed by atoms with Crippen LogP contribution in [-0.2, 0) is 6.54 Å². The summed E-state index contributed by atoms with van der Waals surface area (Å²) in [6, 6.07) is 4.86. The van der Waals surface area contributed by atoms with E-state index in [1.54, 1.807) is 39.0 Å². The van der Waals surface area contributed by atoms with Gasteiger partial charge in [-0.2, -0.15) is 13.2 Å². The fourth-order valence-corrected chi connectivity index (χ4v) is 1.72. The Kier molecular flexibility index (Phi) is 4.62. The van der Waals surface area contributed by atoms with E-state index in [2.05, 4.69) is 0 Å². The molecule has 0 aromatic heterocycles. The van der Waals surface area contributed by atoms with Gasteiger partial charge < -0.3 is 5.11 Å². The molecule has 0 aliphatic carbocycles. The van der Waals surface area contributed by atoms with Crippen LogP contribution in [0, 0.1) is 6.92 Å². The molecule has 0 bridgehead atoms. The average Bonchev–Trinajstić information content (AvgIpc) is 2.21. The third kappa shape index (κ3) is 4.22. The average molecular weight is 261 g/mol. The van der Waals surface area contributed by atoms with Gasteiger partial charge in [-0.05, 0) is 26.3 Å². The molecule has 0 aliphatic heterocycles. The number of aromatic hydroxyl groups is 1. The fourth-order valence-electron chi connectivity index (χ4n) is 1.72. The lowest BCUT2D eigenvalue weighted by Gasteiger charge is -2.27. The lowest BCUT2D eigenvalue weighted by atomic mass is 10.1. The van der Waals surface area contributed by atoms with Gasteiger partial charge in [0.15, 0.2) is 0 Å². The standard InChI is InChI=1S/C13H18F3NO/c1-9(2)17(8-13(14,15)16)7-11-6-4-5-10(3)12(11)18/h4-6,9,18H,7-8H2,1-3H3. The minimum Gasteiger partial charge on any atom is -0.507 e. The van der Waals surface area contributed by atoms with Crippen LogP contribution in [0.25, 0.3) is 0 Å². The quantitative estimate of drug-likeness (QED) is 0.897. The van der Waals surface area contributed by atoms with E-state index in [1.165, 1.54) is 4.90 Å². The van der Waals surface area contributed by atoms with E-state index in [0.717, 1.165) is 0 Å². The van der Waals surface area contributed by atoms with Gasteiger partial charge in [0.2, 0.25) is 0 Å². The van der Waals surface area contributed by atoms with Gasteiger partial charge in [-0.3, -0.25) is 4.90 Å². The van der Waals surface area contributed by atoms with Crippen LogP contribution in [0.4, 0.5) is 13.2 Å². The van der Waals surface area contributed by atoms with E-state index in [4.69, 9.17) is 0 Å². The van der Waals surface area contributed by atoms with Gasteiger partial charge in [0.25, 0.3) is 0 Å². The number of benzene rings is 1. The minimum absolute atomic E-state index is 0.0744. The van der Waals surface area contributed by atoms with Crippen LogP contribution in [0.15, 0.2) is 18.2 Å². The molecule has 0 aliphatic rings. The van der Waals surface area contributed by atoms with Crippen molar-refractivity contribution < 1.29 is 18.3 Å². The van der Waals surface area contributed by atoms with E-state index in [-0.39, 0.29) is 18.3 Å². The first-order valence-electron chi connectivity index (χ1n) is 5.79. The molecule has 0 unspecified atom stereocenters. The first kappa shape index (κ1) is 14.8. The highest BCUT2D eigenvalue weighted by atomic mass is 19.4. The molecular weight excluding hydrogens is 243 g/mol. The van der Waals surface area contributed by atoms with Gasteiger partial charge >= 0.3 is 6.18 Å². The monoisotopic (exact) mass is 261 g/mol. The Balaban J connectivity index is 2.87. The van der Waals surface area contributed by atoms with Crippen molar-refractivity contribution in [2.75, 3.05) is 6.54 Å². The highest BCUT2D eigenvalue weighted by Gasteiger charge is 2.32. The van der Waals surface area contributed by atoms with Gasteiger partial charge in [-0.15, -0.1) is 0 Å². The highest BCUT2D eigenvalue weighted by molar-refractivity contribution is 5.39. The first-order valence-corrected chi connectivity index (χ1v) is 5.79. The summed E-state index contributed by atoms with van der Waals surface area (Å²) < 4.78 is 37.3. The summed E-state index contributed by atoms with van der Waals surface area (Å²) >= 11 is 0. The van der Waals surface area contributed by atoms with Gasteiger partial charge in [0.05, 0.1) is 6.54 Å². The largest absolute Gasteiger partial charge is 0.507 e. The summed E-state index contributed by atoms with van der Waals surface area (Å²) in [6.45, 7) is 4.25. The maximum atomic E-state index is 12.4. The molecule has 1 N–H and O–H groups in total. The van der Waals surface area contributed by atoms with Crippen LogP contribution in [0.3, 0.4) is 0 Å². The third-order valence-corrected chi connectivity index (χ3v) is 2.81. The van der Waals surface area contributed by atoms with E-state index in [1.807, 2.05) is 0 Å². The number of hydrogen-bond acceptors (Lipinski definition) is 2. The molecule has 0 atom stereocenters. The molecule has 0 amide bonds. The van der Waals surface area contributed by atoms with Crippen LogP contribution in [0.1, 0.15) is 25.0 Å². The lowest BCUT2D eigenvalue weighted by Crippen LogP contribution is -2.38. The Morgan fingerprint density at radius 1 is 1.28 bits per heavy atom. The smallest absolute Gasteiger partial charge is 0.401 e. The van der Waals surface area contributed by atoms with Gasteiger partial charge in [0.1, 0.15) is 5.75 Å². The highest BCUT2D eigenvalue weighted by Crippen LogP contribution is 2.25. The predicted octanol–water partition coefficient (Wildman–Crippen LogP) is 3.47. The summed E-state index contributed by atoms with van der Waals surface area (Å²) in [5, 5.41) is 9.82. The van der Waals surface area contributed by atoms with Crippen molar-refractivity contribution in [2.24, 2.45) is 0 Å². The summed E-state index contributed by atoms with van der Waals surface area (Å²) in [4.78, 5) is 1.29. The number of phenols is 1. The topological polar surface area (TPSA) is 23.5 Å². The molecule has 1 aromatic rings. The molecule has 0 saturated carbocycles. The lowest BCUT2D eigenvalue weighted by molar-refractivity contribution is -0.150. The van der Waals surface area contributed by atoms with Crippen LogP contribution in [0.5, 0.6) is 5.75 Å². The van der Waals surface area contributed by atoms with Crippen LogP contribution < -0.4 is 0 Å². The molecular formula is C13H18F3NO. The molecule has 102 valence electrons. The number of halogens is 3. The normalized spacial score (nSPS) is 12.4. The number of para-hydroxylation sites is 1. The van der Waals surface area contributed by atoms with Crippen molar-refractivity contribution in [2.45, 2.75) is 39.5 Å². The molecule has 0 fully saturated rings. The number of alkyl halides is 3. The second kappa shape index (κ2) is 5.61. The minimum atomic E-state index is -4.23. The molecule has 1 aromatic carbocycles. The van der Waals surface area contributed by atoms with Crippen molar-refractivity contribution in [1.82, 2.24) is 4.90 Å². The van der Waals surface area contributed by atoms with E-state index in [9.17, 15) is 18.3 Å². The van der Waals surface area contributed by atoms with Crippen molar-refractivity contribution in [3.05, 3.63) is 29.3 Å².